The number of aryl methyl sites for hydroxylation is 1. The molecular formula is C15H17FN2O. The molecular weight excluding hydrogens is 243 g/mol. The lowest BCUT2D eigenvalue weighted by atomic mass is 10.1. The molecule has 2 rings (SSSR count). The molecule has 0 saturated heterocycles. The van der Waals surface area contributed by atoms with E-state index < -0.39 is 0 Å². The molecule has 0 bridgehead atoms. The summed E-state index contributed by atoms with van der Waals surface area (Å²) in [6, 6.07) is 9.74. The Morgan fingerprint density at radius 2 is 2.00 bits per heavy atom. The van der Waals surface area contributed by atoms with Crippen LogP contribution in [0, 0.1) is 5.82 Å². The molecule has 1 N–H and O–H groups in total. The largest absolute Gasteiger partial charge is 0.377 e. The van der Waals surface area contributed by atoms with Gasteiger partial charge in [0.2, 0.25) is 0 Å². The van der Waals surface area contributed by atoms with Crippen molar-refractivity contribution in [2.24, 2.45) is 0 Å². The van der Waals surface area contributed by atoms with E-state index >= 15 is 0 Å². The highest BCUT2D eigenvalue weighted by Gasteiger charge is 2.10. The topological polar surface area (TPSA) is 34.0 Å². The van der Waals surface area contributed by atoms with Crippen molar-refractivity contribution < 1.29 is 4.39 Å². The molecule has 0 amide bonds. The third-order valence-corrected chi connectivity index (χ3v) is 3.08. The second kappa shape index (κ2) is 5.69. The minimum atomic E-state index is -0.230. The number of halogens is 1. The monoisotopic (exact) mass is 260 g/mol. The highest BCUT2D eigenvalue weighted by atomic mass is 19.1. The Hall–Kier alpha value is -2.10. The molecule has 1 aromatic heterocycles. The first-order valence-corrected chi connectivity index (χ1v) is 6.33. The summed E-state index contributed by atoms with van der Waals surface area (Å²) in [5.41, 5.74) is 1.38. The van der Waals surface area contributed by atoms with Gasteiger partial charge in [0.15, 0.2) is 0 Å². The van der Waals surface area contributed by atoms with Gasteiger partial charge >= 0.3 is 0 Å². The molecule has 0 radical (unpaired) electrons. The summed E-state index contributed by atoms with van der Waals surface area (Å²) in [6.07, 6.45) is 1.75. The fraction of sp³-hybridized carbons (Fsp3) is 0.267. The first-order chi connectivity index (χ1) is 9.11. The second-order valence-electron chi connectivity index (χ2n) is 4.43. The zero-order valence-corrected chi connectivity index (χ0v) is 11.1. The predicted octanol–water partition coefficient (Wildman–Crippen LogP) is 3.18. The van der Waals surface area contributed by atoms with Crippen molar-refractivity contribution in [1.82, 2.24) is 4.57 Å². The normalized spacial score (nSPS) is 12.2. The Morgan fingerprint density at radius 3 is 2.68 bits per heavy atom. The van der Waals surface area contributed by atoms with Gasteiger partial charge < -0.3 is 9.88 Å². The van der Waals surface area contributed by atoms with Crippen LogP contribution in [0.4, 0.5) is 10.1 Å². The molecule has 1 heterocycles. The van der Waals surface area contributed by atoms with Crippen molar-refractivity contribution >= 4 is 5.69 Å². The minimum Gasteiger partial charge on any atom is -0.377 e. The van der Waals surface area contributed by atoms with E-state index in [1.54, 1.807) is 29.0 Å². The number of rotatable bonds is 4. The van der Waals surface area contributed by atoms with Gasteiger partial charge in [-0.25, -0.2) is 4.39 Å². The molecule has 1 aromatic carbocycles. The van der Waals surface area contributed by atoms with Gasteiger partial charge in [0.25, 0.3) is 5.56 Å². The van der Waals surface area contributed by atoms with Crippen molar-refractivity contribution in [3.63, 3.8) is 0 Å². The van der Waals surface area contributed by atoms with E-state index in [-0.39, 0.29) is 17.4 Å². The third-order valence-electron chi connectivity index (χ3n) is 3.08. The maximum absolute atomic E-state index is 13.7. The van der Waals surface area contributed by atoms with E-state index in [0.717, 1.165) is 5.69 Å². The van der Waals surface area contributed by atoms with Gasteiger partial charge in [0.1, 0.15) is 5.82 Å². The Morgan fingerprint density at radius 1 is 1.26 bits per heavy atom. The predicted molar refractivity (Wildman–Crippen MR) is 74.8 cm³/mol. The van der Waals surface area contributed by atoms with Crippen LogP contribution >= 0.6 is 0 Å². The van der Waals surface area contributed by atoms with Gasteiger partial charge in [-0.1, -0.05) is 18.2 Å². The summed E-state index contributed by atoms with van der Waals surface area (Å²) < 4.78 is 15.3. The summed E-state index contributed by atoms with van der Waals surface area (Å²) in [6.45, 7) is 4.41. The number of nitrogens with one attached hydrogen (secondary N) is 1. The Bertz CT molecular complexity index is 622. The molecule has 100 valence electrons. The number of aromatic nitrogens is 1. The molecule has 0 aliphatic heterocycles. The first kappa shape index (κ1) is 13.3. The number of benzene rings is 1. The molecule has 0 aliphatic rings. The number of nitrogens with zero attached hydrogens (tertiary/aromatic N) is 1. The van der Waals surface area contributed by atoms with Crippen molar-refractivity contribution in [3.05, 3.63) is 64.3 Å². The molecule has 0 aliphatic carbocycles. The zero-order valence-electron chi connectivity index (χ0n) is 11.1. The van der Waals surface area contributed by atoms with Crippen LogP contribution in [0.2, 0.25) is 0 Å². The Kier molecular flexibility index (Phi) is 4.00. The fourth-order valence-electron chi connectivity index (χ4n) is 2.02. The molecule has 1 atom stereocenters. The molecule has 0 spiro atoms. The van der Waals surface area contributed by atoms with Gasteiger partial charge in [-0.3, -0.25) is 4.79 Å². The summed E-state index contributed by atoms with van der Waals surface area (Å²) in [5, 5.41) is 3.20. The van der Waals surface area contributed by atoms with Crippen LogP contribution in [0.5, 0.6) is 0 Å². The van der Waals surface area contributed by atoms with Crippen molar-refractivity contribution in [2.45, 2.75) is 26.4 Å². The van der Waals surface area contributed by atoms with E-state index in [4.69, 9.17) is 0 Å². The van der Waals surface area contributed by atoms with Crippen molar-refractivity contribution in [2.75, 3.05) is 5.32 Å². The van der Waals surface area contributed by atoms with Gasteiger partial charge in [0, 0.05) is 24.4 Å². The lowest BCUT2D eigenvalue weighted by molar-refractivity contribution is 0.600. The van der Waals surface area contributed by atoms with Gasteiger partial charge in [-0.2, -0.15) is 0 Å². The van der Waals surface area contributed by atoms with Crippen molar-refractivity contribution in [1.29, 1.82) is 0 Å². The van der Waals surface area contributed by atoms with E-state index in [1.165, 1.54) is 12.1 Å². The maximum Gasteiger partial charge on any atom is 0.250 e. The Labute approximate surface area is 111 Å². The quantitative estimate of drug-likeness (QED) is 0.916. The van der Waals surface area contributed by atoms with Crippen LogP contribution in [-0.2, 0) is 6.54 Å². The lowest BCUT2D eigenvalue weighted by Crippen LogP contribution is -2.18. The fourth-order valence-corrected chi connectivity index (χ4v) is 2.02. The summed E-state index contributed by atoms with van der Waals surface area (Å²) >= 11 is 0. The summed E-state index contributed by atoms with van der Waals surface area (Å²) in [4.78, 5) is 11.5. The van der Waals surface area contributed by atoms with E-state index in [1.807, 2.05) is 19.9 Å². The molecule has 0 fully saturated rings. The van der Waals surface area contributed by atoms with Crippen LogP contribution < -0.4 is 10.9 Å². The van der Waals surface area contributed by atoms with Crippen LogP contribution in [-0.4, -0.2) is 4.57 Å². The molecule has 1 unspecified atom stereocenters. The Balaban J connectivity index is 2.22. The van der Waals surface area contributed by atoms with Crippen LogP contribution in [0.3, 0.4) is 0 Å². The van der Waals surface area contributed by atoms with Crippen LogP contribution in [0.1, 0.15) is 25.5 Å². The smallest absolute Gasteiger partial charge is 0.250 e. The molecule has 4 heteroatoms. The second-order valence-corrected chi connectivity index (χ2v) is 4.43. The van der Waals surface area contributed by atoms with Crippen LogP contribution in [0.15, 0.2) is 47.4 Å². The van der Waals surface area contributed by atoms with Crippen LogP contribution in [0.25, 0.3) is 0 Å². The SMILES string of the molecule is CCn1cc(NC(C)c2ccccc2F)ccc1=O. The molecule has 19 heavy (non-hydrogen) atoms. The highest BCUT2D eigenvalue weighted by Crippen LogP contribution is 2.20. The van der Waals surface area contributed by atoms with E-state index in [0.29, 0.717) is 12.1 Å². The summed E-state index contributed by atoms with van der Waals surface area (Å²) in [5.74, 6) is -0.230. The van der Waals surface area contributed by atoms with Crippen molar-refractivity contribution in [3.8, 4) is 0 Å². The van der Waals surface area contributed by atoms with Gasteiger partial charge in [-0.05, 0) is 26.0 Å². The van der Waals surface area contributed by atoms with Gasteiger partial charge in [-0.15, -0.1) is 0 Å². The molecule has 0 saturated carbocycles. The first-order valence-electron chi connectivity index (χ1n) is 6.33. The zero-order chi connectivity index (χ0) is 13.8. The average Bonchev–Trinajstić information content (AvgIpc) is 2.41. The lowest BCUT2D eigenvalue weighted by Gasteiger charge is -2.17. The minimum absolute atomic E-state index is 0.0356. The average molecular weight is 260 g/mol. The molecule has 3 nitrogen and oxygen atoms in total. The number of pyridine rings is 1. The maximum atomic E-state index is 13.7. The number of hydrogen-bond acceptors (Lipinski definition) is 2. The van der Waals surface area contributed by atoms with E-state index in [9.17, 15) is 9.18 Å². The standard InChI is InChI=1S/C15H17FN2O/c1-3-18-10-12(8-9-15(18)19)17-11(2)13-6-4-5-7-14(13)16/h4-11,17H,3H2,1-2H3. The summed E-state index contributed by atoms with van der Waals surface area (Å²) in [7, 11) is 0. The number of hydrogen-bond donors (Lipinski definition) is 1. The van der Waals surface area contributed by atoms with Gasteiger partial charge in [0.05, 0.1) is 11.7 Å². The third kappa shape index (κ3) is 3.02. The van der Waals surface area contributed by atoms with E-state index in [2.05, 4.69) is 5.32 Å². The highest BCUT2D eigenvalue weighted by molar-refractivity contribution is 5.43. The number of anilines is 1. The molecule has 2 aromatic rings.